The predicted molar refractivity (Wildman–Crippen MR) is 108 cm³/mol. The van der Waals surface area contributed by atoms with Gasteiger partial charge in [-0.05, 0) is 35.7 Å². The van der Waals surface area contributed by atoms with E-state index in [2.05, 4.69) is 4.90 Å². The van der Waals surface area contributed by atoms with Crippen molar-refractivity contribution in [1.29, 1.82) is 0 Å². The predicted octanol–water partition coefficient (Wildman–Crippen LogP) is 3.93. The molecule has 5 nitrogen and oxygen atoms in total. The molecule has 2 aromatic rings. The molecule has 28 heavy (non-hydrogen) atoms. The lowest BCUT2D eigenvalue weighted by Gasteiger charge is -2.43. The van der Waals surface area contributed by atoms with Crippen molar-refractivity contribution in [2.24, 2.45) is 5.92 Å². The summed E-state index contributed by atoms with van der Waals surface area (Å²) < 4.78 is 11.8. The Morgan fingerprint density at radius 2 is 1.96 bits per heavy atom. The quantitative estimate of drug-likeness (QED) is 0.765. The van der Waals surface area contributed by atoms with Crippen LogP contribution in [0, 0.1) is 5.92 Å². The van der Waals surface area contributed by atoms with Crippen LogP contribution in [-0.4, -0.2) is 48.3 Å². The van der Waals surface area contributed by atoms with Crippen LogP contribution in [0.3, 0.4) is 0 Å². The summed E-state index contributed by atoms with van der Waals surface area (Å²) in [5, 5.41) is 10.3. The number of ether oxygens (including phenoxy) is 2. The lowest BCUT2D eigenvalue weighted by Crippen LogP contribution is -2.57. The molecule has 1 unspecified atom stereocenters. The van der Waals surface area contributed by atoms with Gasteiger partial charge in [0.2, 0.25) is 0 Å². The van der Waals surface area contributed by atoms with Crippen LogP contribution in [0.1, 0.15) is 11.1 Å². The first-order chi connectivity index (χ1) is 13.5. The van der Waals surface area contributed by atoms with Gasteiger partial charge in [-0.3, -0.25) is 9.69 Å². The Hall–Kier alpha value is -1.95. The van der Waals surface area contributed by atoms with Gasteiger partial charge in [0.15, 0.2) is 0 Å². The number of hydrogen-bond acceptors (Lipinski definition) is 4. The molecule has 1 N–H and O–H groups in total. The van der Waals surface area contributed by atoms with Crippen molar-refractivity contribution in [2.75, 3.05) is 26.3 Å². The van der Waals surface area contributed by atoms with E-state index in [4.69, 9.17) is 37.8 Å². The molecule has 0 radical (unpaired) electrons. The Morgan fingerprint density at radius 3 is 2.68 bits per heavy atom. The summed E-state index contributed by atoms with van der Waals surface area (Å²) in [6, 6.07) is 11.6. The minimum absolute atomic E-state index is 0.234. The summed E-state index contributed by atoms with van der Waals surface area (Å²) in [7, 11) is 0. The van der Waals surface area contributed by atoms with E-state index in [1.807, 2.05) is 36.4 Å². The zero-order chi connectivity index (χ0) is 19.7. The Kier molecular flexibility index (Phi) is 5.67. The molecule has 0 amide bonds. The highest BCUT2D eigenvalue weighted by molar-refractivity contribution is 6.35. The largest absolute Gasteiger partial charge is 0.493 e. The first kappa shape index (κ1) is 19.4. The highest BCUT2D eigenvalue weighted by Gasteiger charge is 2.38. The average molecular weight is 422 g/mol. The van der Waals surface area contributed by atoms with E-state index in [1.165, 1.54) is 0 Å². The van der Waals surface area contributed by atoms with E-state index < -0.39 is 5.97 Å². The lowest BCUT2D eigenvalue weighted by atomic mass is 9.93. The molecular weight excluding hydrogens is 401 g/mol. The number of benzene rings is 2. The van der Waals surface area contributed by atoms with Crippen LogP contribution in [0.4, 0.5) is 0 Å². The van der Waals surface area contributed by atoms with Crippen molar-refractivity contribution < 1.29 is 19.4 Å². The maximum absolute atomic E-state index is 11.0. The fourth-order valence-electron chi connectivity index (χ4n) is 3.67. The van der Waals surface area contributed by atoms with Crippen molar-refractivity contribution >= 4 is 29.2 Å². The number of carboxylic acid groups (broad SMARTS) is 1. The minimum atomic E-state index is -0.715. The van der Waals surface area contributed by atoms with Crippen molar-refractivity contribution in [1.82, 2.24) is 4.90 Å². The third-order valence-corrected chi connectivity index (χ3v) is 6.09. The third kappa shape index (κ3) is 4.07. The number of carbonyl (C=O) groups is 1. The topological polar surface area (TPSA) is 59.0 Å². The van der Waals surface area contributed by atoms with Gasteiger partial charge < -0.3 is 14.6 Å². The number of rotatable bonds is 6. The highest BCUT2D eigenvalue weighted by Crippen LogP contribution is 2.33. The first-order valence-corrected chi connectivity index (χ1v) is 10.0. The second-order valence-electron chi connectivity index (χ2n) is 7.23. The SMILES string of the molecule is O=C(O)C1CN(C2COc3cc(OCCc4c(Cl)cccc4Cl)ccc3C2)C1. The Bertz CT molecular complexity index is 862. The zero-order valence-corrected chi connectivity index (χ0v) is 16.7. The fourth-order valence-corrected chi connectivity index (χ4v) is 4.26. The molecule has 2 aromatic carbocycles. The van der Waals surface area contributed by atoms with Gasteiger partial charge in [0.1, 0.15) is 18.1 Å². The van der Waals surface area contributed by atoms with E-state index in [9.17, 15) is 4.79 Å². The standard InChI is InChI=1S/C21H21Cl2NO4/c22-18-2-1-3-19(23)17(18)6-7-27-16-5-4-13-8-15(12-28-20(13)9-16)24-10-14(11-24)21(25)26/h1-5,9,14-15H,6-8,10-12H2,(H,25,26). The van der Waals surface area contributed by atoms with Gasteiger partial charge in [-0.15, -0.1) is 0 Å². The maximum Gasteiger partial charge on any atom is 0.309 e. The Balaban J connectivity index is 1.32. The highest BCUT2D eigenvalue weighted by atomic mass is 35.5. The van der Waals surface area contributed by atoms with Gasteiger partial charge in [0, 0.05) is 41.7 Å². The molecule has 2 heterocycles. The summed E-state index contributed by atoms with van der Waals surface area (Å²) in [6.45, 7) is 2.24. The van der Waals surface area contributed by atoms with Crippen molar-refractivity contribution in [3.63, 3.8) is 0 Å². The molecular formula is C21H21Cl2NO4. The minimum Gasteiger partial charge on any atom is -0.493 e. The van der Waals surface area contributed by atoms with E-state index in [0.717, 1.165) is 29.0 Å². The van der Waals surface area contributed by atoms with Crippen LogP contribution in [0.5, 0.6) is 11.5 Å². The van der Waals surface area contributed by atoms with E-state index in [0.29, 0.717) is 42.8 Å². The van der Waals surface area contributed by atoms with Gasteiger partial charge in [0.05, 0.1) is 12.5 Å². The molecule has 148 valence electrons. The van der Waals surface area contributed by atoms with E-state index in [1.54, 1.807) is 0 Å². The Morgan fingerprint density at radius 1 is 1.21 bits per heavy atom. The molecule has 0 aliphatic carbocycles. The molecule has 2 aliphatic rings. The fraction of sp³-hybridized carbons (Fsp3) is 0.381. The van der Waals surface area contributed by atoms with E-state index >= 15 is 0 Å². The normalized spacial score (nSPS) is 19.4. The maximum atomic E-state index is 11.0. The van der Waals surface area contributed by atoms with Gasteiger partial charge in [-0.25, -0.2) is 0 Å². The number of nitrogens with zero attached hydrogens (tertiary/aromatic N) is 1. The average Bonchev–Trinajstić information content (AvgIpc) is 2.62. The molecule has 0 bridgehead atoms. The van der Waals surface area contributed by atoms with Gasteiger partial charge in [-0.1, -0.05) is 35.3 Å². The number of hydrogen-bond donors (Lipinski definition) is 1. The molecule has 4 rings (SSSR count). The summed E-state index contributed by atoms with van der Waals surface area (Å²) in [5.74, 6) is 0.618. The number of aliphatic carboxylic acids is 1. The summed E-state index contributed by atoms with van der Waals surface area (Å²) in [4.78, 5) is 13.2. The molecule has 0 spiro atoms. The first-order valence-electron chi connectivity index (χ1n) is 9.29. The van der Waals surface area contributed by atoms with Gasteiger partial charge in [0.25, 0.3) is 0 Å². The summed E-state index contributed by atoms with van der Waals surface area (Å²) >= 11 is 12.4. The van der Waals surface area contributed by atoms with Crippen LogP contribution in [0.15, 0.2) is 36.4 Å². The molecule has 0 saturated carbocycles. The molecule has 7 heteroatoms. The van der Waals surface area contributed by atoms with Crippen LogP contribution in [0.2, 0.25) is 10.0 Å². The smallest absolute Gasteiger partial charge is 0.309 e. The third-order valence-electron chi connectivity index (χ3n) is 5.38. The lowest BCUT2D eigenvalue weighted by molar-refractivity contribution is -0.149. The van der Waals surface area contributed by atoms with Crippen LogP contribution >= 0.6 is 23.2 Å². The van der Waals surface area contributed by atoms with Crippen LogP contribution in [-0.2, 0) is 17.6 Å². The number of halogens is 2. The molecule has 1 fully saturated rings. The molecule has 1 atom stereocenters. The van der Waals surface area contributed by atoms with Crippen molar-refractivity contribution in [2.45, 2.75) is 18.9 Å². The molecule has 0 aromatic heterocycles. The Labute approximate surface area is 173 Å². The number of fused-ring (bicyclic) bond motifs is 1. The second-order valence-corrected chi connectivity index (χ2v) is 8.04. The molecule has 1 saturated heterocycles. The second kappa shape index (κ2) is 8.19. The zero-order valence-electron chi connectivity index (χ0n) is 15.2. The van der Waals surface area contributed by atoms with Crippen LogP contribution in [0.25, 0.3) is 0 Å². The van der Waals surface area contributed by atoms with E-state index in [-0.39, 0.29) is 12.0 Å². The van der Waals surface area contributed by atoms with Crippen LogP contribution < -0.4 is 9.47 Å². The summed E-state index contributed by atoms with van der Waals surface area (Å²) in [6.07, 6.45) is 1.48. The van der Waals surface area contributed by atoms with Gasteiger partial charge >= 0.3 is 5.97 Å². The number of likely N-dealkylation sites (tertiary alicyclic amines) is 1. The number of carboxylic acids is 1. The molecule has 2 aliphatic heterocycles. The van der Waals surface area contributed by atoms with Crippen molar-refractivity contribution in [3.8, 4) is 11.5 Å². The monoisotopic (exact) mass is 421 g/mol. The van der Waals surface area contributed by atoms with Gasteiger partial charge in [-0.2, -0.15) is 0 Å². The summed E-state index contributed by atoms with van der Waals surface area (Å²) in [5.41, 5.74) is 2.01. The van der Waals surface area contributed by atoms with Crippen molar-refractivity contribution in [3.05, 3.63) is 57.6 Å².